The van der Waals surface area contributed by atoms with Gasteiger partial charge in [-0.1, -0.05) is 90.5 Å². The molecule has 4 aromatic rings. The van der Waals surface area contributed by atoms with Crippen LogP contribution in [-0.4, -0.2) is 0 Å². The highest BCUT2D eigenvalue weighted by molar-refractivity contribution is 6.30. The molecule has 0 atom stereocenters. The van der Waals surface area contributed by atoms with Gasteiger partial charge in [0, 0.05) is 23.6 Å². The third-order valence-corrected chi connectivity index (χ3v) is 6.01. The van der Waals surface area contributed by atoms with Crippen molar-refractivity contribution in [3.05, 3.63) is 137 Å². The lowest BCUT2D eigenvalue weighted by atomic mass is 9.72. The van der Waals surface area contributed by atoms with Gasteiger partial charge in [-0.05, 0) is 28.8 Å². The van der Waals surface area contributed by atoms with Crippen LogP contribution in [0.3, 0.4) is 0 Å². The van der Waals surface area contributed by atoms with Crippen molar-refractivity contribution in [1.82, 2.24) is 0 Å². The zero-order valence-electron chi connectivity index (χ0n) is 17.7. The van der Waals surface area contributed by atoms with Crippen LogP contribution in [0.1, 0.15) is 22.4 Å². The molecule has 4 rings (SSSR count). The lowest BCUT2D eigenvalue weighted by molar-refractivity contribution is -0.704. The van der Waals surface area contributed by atoms with Gasteiger partial charge in [0.1, 0.15) is 5.41 Å². The number of hydrogen-bond donors (Lipinski definition) is 0. The Bertz CT molecular complexity index is 1130. The molecule has 0 saturated heterocycles. The summed E-state index contributed by atoms with van der Waals surface area (Å²) in [6, 6.07) is 37.1. The molecule has 0 aliphatic carbocycles. The summed E-state index contributed by atoms with van der Waals surface area (Å²) in [5.74, 6) is 0. The smallest absolute Gasteiger partial charge is 0.183 e. The summed E-state index contributed by atoms with van der Waals surface area (Å²) in [5, 5.41) is 11.2. The molecule has 0 saturated carbocycles. The standard InChI is InChI=1S/C28H24ClN2.BrH/c29-26-16-14-23(15-17-26)18-20-31-19-8-7-13-27(31)21-28(22-30,24-9-3-1-4-10-24)25-11-5-2-6-12-25;/h1-17,19H,18,20-21H2;1H/q+1;/p-1. The number of pyridine rings is 1. The summed E-state index contributed by atoms with van der Waals surface area (Å²) in [6.07, 6.45) is 3.59. The fourth-order valence-corrected chi connectivity index (χ4v) is 4.17. The highest BCUT2D eigenvalue weighted by Crippen LogP contribution is 2.34. The van der Waals surface area contributed by atoms with Gasteiger partial charge in [0.25, 0.3) is 0 Å². The number of nitrogens with zero attached hydrogens (tertiary/aromatic N) is 2. The number of halogens is 2. The molecule has 0 amide bonds. The Morgan fingerprint density at radius 1 is 0.750 bits per heavy atom. The molecule has 2 nitrogen and oxygen atoms in total. The van der Waals surface area contributed by atoms with E-state index in [0.717, 1.165) is 34.8 Å². The minimum atomic E-state index is -0.758. The molecule has 4 heteroatoms. The maximum atomic E-state index is 10.5. The molecule has 1 aromatic heterocycles. The van der Waals surface area contributed by atoms with Crippen molar-refractivity contribution in [1.29, 1.82) is 5.26 Å². The summed E-state index contributed by atoms with van der Waals surface area (Å²) in [6.45, 7) is 0.836. The first-order valence-corrected chi connectivity index (χ1v) is 10.8. The van der Waals surface area contributed by atoms with Gasteiger partial charge in [0.15, 0.2) is 18.4 Å². The monoisotopic (exact) mass is 502 g/mol. The van der Waals surface area contributed by atoms with Crippen LogP contribution < -0.4 is 21.5 Å². The van der Waals surface area contributed by atoms with Crippen LogP contribution in [0.5, 0.6) is 0 Å². The van der Waals surface area contributed by atoms with Crippen molar-refractivity contribution in [2.75, 3.05) is 0 Å². The zero-order chi connectivity index (χ0) is 21.5. The number of aromatic nitrogens is 1. The largest absolute Gasteiger partial charge is 1.00 e. The van der Waals surface area contributed by atoms with E-state index in [1.165, 1.54) is 5.56 Å². The van der Waals surface area contributed by atoms with Crippen molar-refractivity contribution in [3.8, 4) is 6.07 Å². The molecule has 0 fully saturated rings. The summed E-state index contributed by atoms with van der Waals surface area (Å²) < 4.78 is 2.26. The number of aryl methyl sites for hydroxylation is 2. The number of rotatable bonds is 7. The van der Waals surface area contributed by atoms with Crippen molar-refractivity contribution in [3.63, 3.8) is 0 Å². The van der Waals surface area contributed by atoms with Gasteiger partial charge in [-0.3, -0.25) is 0 Å². The Balaban J connectivity index is 0.00000289. The lowest BCUT2D eigenvalue weighted by Crippen LogP contribution is -3.00. The average Bonchev–Trinajstić information content (AvgIpc) is 2.84. The van der Waals surface area contributed by atoms with Crippen LogP contribution in [0.4, 0.5) is 0 Å². The molecular weight excluding hydrogens is 480 g/mol. The van der Waals surface area contributed by atoms with E-state index >= 15 is 0 Å². The SMILES string of the molecule is N#CC(Cc1cccc[n+]1CCc1ccc(Cl)cc1)(c1ccccc1)c1ccccc1.[Br-]. The normalized spacial score (nSPS) is 10.8. The van der Waals surface area contributed by atoms with E-state index in [0.29, 0.717) is 6.42 Å². The number of hydrogen-bond acceptors (Lipinski definition) is 1. The molecule has 160 valence electrons. The molecule has 0 spiro atoms. The second-order valence-electron chi connectivity index (χ2n) is 7.69. The maximum Gasteiger partial charge on any atom is 0.183 e. The van der Waals surface area contributed by atoms with Gasteiger partial charge < -0.3 is 17.0 Å². The second-order valence-corrected chi connectivity index (χ2v) is 8.12. The van der Waals surface area contributed by atoms with E-state index in [1.54, 1.807) is 0 Å². The van der Waals surface area contributed by atoms with Crippen molar-refractivity contribution in [2.45, 2.75) is 24.8 Å². The van der Waals surface area contributed by atoms with Gasteiger partial charge in [-0.15, -0.1) is 0 Å². The fraction of sp³-hybridized carbons (Fsp3) is 0.143. The quantitative estimate of drug-likeness (QED) is 0.356. The fourth-order valence-electron chi connectivity index (χ4n) is 4.05. The van der Waals surface area contributed by atoms with E-state index in [-0.39, 0.29) is 17.0 Å². The first-order valence-electron chi connectivity index (χ1n) is 10.5. The molecule has 0 radical (unpaired) electrons. The van der Waals surface area contributed by atoms with Crippen LogP contribution in [-0.2, 0) is 24.8 Å². The first-order chi connectivity index (χ1) is 15.2. The van der Waals surface area contributed by atoms with E-state index in [9.17, 15) is 5.26 Å². The molecule has 0 aliphatic rings. The minimum absolute atomic E-state index is 0. The topological polar surface area (TPSA) is 27.7 Å². The maximum absolute atomic E-state index is 10.5. The predicted molar refractivity (Wildman–Crippen MR) is 125 cm³/mol. The van der Waals surface area contributed by atoms with Crippen molar-refractivity contribution in [2.24, 2.45) is 0 Å². The molecule has 3 aromatic carbocycles. The Kier molecular flexibility index (Phi) is 8.22. The minimum Gasteiger partial charge on any atom is -1.00 e. The van der Waals surface area contributed by atoms with Gasteiger partial charge in [-0.2, -0.15) is 5.26 Å². The number of benzene rings is 3. The van der Waals surface area contributed by atoms with Gasteiger partial charge in [0.2, 0.25) is 0 Å². The molecular formula is C28H24BrClN2. The van der Waals surface area contributed by atoms with Gasteiger partial charge in [-0.25, -0.2) is 4.57 Å². The second kappa shape index (κ2) is 11.1. The van der Waals surface area contributed by atoms with E-state index in [1.807, 2.05) is 60.7 Å². The van der Waals surface area contributed by atoms with E-state index < -0.39 is 5.41 Å². The molecule has 0 unspecified atom stereocenters. The summed E-state index contributed by atoms with van der Waals surface area (Å²) in [7, 11) is 0. The summed E-state index contributed by atoms with van der Waals surface area (Å²) in [4.78, 5) is 0. The highest BCUT2D eigenvalue weighted by Gasteiger charge is 2.37. The van der Waals surface area contributed by atoms with Crippen LogP contribution in [0, 0.1) is 11.3 Å². The molecule has 0 aliphatic heterocycles. The van der Waals surface area contributed by atoms with Crippen LogP contribution >= 0.6 is 11.6 Å². The van der Waals surface area contributed by atoms with Crippen molar-refractivity contribution >= 4 is 11.6 Å². The Morgan fingerprint density at radius 2 is 1.31 bits per heavy atom. The first kappa shape index (κ1) is 23.7. The van der Waals surface area contributed by atoms with Crippen LogP contribution in [0.25, 0.3) is 0 Å². The van der Waals surface area contributed by atoms with Crippen LogP contribution in [0.2, 0.25) is 5.02 Å². The molecule has 0 N–H and O–H groups in total. The third-order valence-electron chi connectivity index (χ3n) is 5.76. The Labute approximate surface area is 205 Å². The lowest BCUT2D eigenvalue weighted by Gasteiger charge is -2.27. The predicted octanol–water partition coefficient (Wildman–Crippen LogP) is 2.93. The van der Waals surface area contributed by atoms with Crippen molar-refractivity contribution < 1.29 is 21.5 Å². The highest BCUT2D eigenvalue weighted by atomic mass is 79.9. The summed E-state index contributed by atoms with van der Waals surface area (Å²) >= 11 is 6.02. The molecule has 0 bridgehead atoms. The van der Waals surface area contributed by atoms with Gasteiger partial charge in [0.05, 0.1) is 12.5 Å². The Morgan fingerprint density at radius 3 is 1.88 bits per heavy atom. The average molecular weight is 504 g/mol. The third kappa shape index (κ3) is 5.27. The zero-order valence-corrected chi connectivity index (χ0v) is 20.0. The Hall–Kier alpha value is -2.93. The van der Waals surface area contributed by atoms with E-state index in [2.05, 4.69) is 59.3 Å². The molecule has 1 heterocycles. The summed E-state index contributed by atoms with van der Waals surface area (Å²) in [5.41, 5.74) is 3.63. The van der Waals surface area contributed by atoms with Gasteiger partial charge >= 0.3 is 0 Å². The van der Waals surface area contributed by atoms with E-state index in [4.69, 9.17) is 11.6 Å². The molecule has 32 heavy (non-hydrogen) atoms. The number of nitriles is 1. The van der Waals surface area contributed by atoms with Crippen LogP contribution in [0.15, 0.2) is 109 Å².